The Morgan fingerprint density at radius 3 is 2.32 bits per heavy atom. The fraction of sp³-hybridized carbons (Fsp3) is 0.0667. The number of pyridine rings is 1. The van der Waals surface area contributed by atoms with E-state index in [4.69, 9.17) is 21.1 Å². The summed E-state index contributed by atoms with van der Waals surface area (Å²) in [7, 11) is 0. The number of nitrogens with zero attached hydrogens (tertiary/aromatic N) is 1. The minimum absolute atomic E-state index is 0.0661. The molecule has 1 aromatic heterocycles. The molecule has 0 saturated heterocycles. The van der Waals surface area contributed by atoms with Crippen LogP contribution in [0, 0.1) is 0 Å². The molecule has 5 rings (SSSR count). The van der Waals surface area contributed by atoms with E-state index < -0.39 is 6.04 Å². The Morgan fingerprint density at radius 2 is 1.57 bits per heavy atom. The van der Waals surface area contributed by atoms with Gasteiger partial charge in [0, 0.05) is 17.1 Å². The summed E-state index contributed by atoms with van der Waals surface area (Å²) < 4.78 is 11.6. The molecule has 6 nitrogen and oxygen atoms in total. The van der Waals surface area contributed by atoms with E-state index in [9.17, 15) is 9.90 Å². The second kappa shape index (κ2) is 11.0. The number of phenolic OH excluding ortho intramolecular Hbond substituents is 1. The smallest absolute Gasteiger partial charge is 0.258 e. The summed E-state index contributed by atoms with van der Waals surface area (Å²) in [5.41, 5.74) is 1.44. The van der Waals surface area contributed by atoms with Crippen LogP contribution in [0.2, 0.25) is 5.02 Å². The number of aromatic hydroxyl groups is 1. The monoisotopic (exact) mass is 510 g/mol. The molecular formula is C30H23ClN2O4. The first kappa shape index (κ1) is 24.2. The minimum atomic E-state index is -0.755. The Hall–Kier alpha value is -4.55. The molecule has 0 spiro atoms. The molecular weight excluding hydrogens is 488 g/mol. The predicted octanol–water partition coefficient (Wildman–Crippen LogP) is 6.67. The fourth-order valence-corrected chi connectivity index (χ4v) is 4.29. The standard InChI is InChI=1S/C30H23ClN2O4/c31-26-18-25(30(35)29-24(26)15-8-16-32-29)28(33-27(34)19-36-21-10-3-1-4-11-21)20-9-7-14-23(17-20)37-22-12-5-2-6-13-22/h1-18,28,35H,19H2,(H,33,34). The van der Waals surface area contributed by atoms with E-state index in [-0.39, 0.29) is 18.3 Å². The summed E-state index contributed by atoms with van der Waals surface area (Å²) in [6.45, 7) is -0.207. The second-order valence-electron chi connectivity index (χ2n) is 8.29. The van der Waals surface area contributed by atoms with E-state index in [1.165, 1.54) is 0 Å². The van der Waals surface area contributed by atoms with Crippen LogP contribution < -0.4 is 14.8 Å². The fourth-order valence-electron chi connectivity index (χ4n) is 4.02. The average Bonchev–Trinajstić information content (AvgIpc) is 2.94. The summed E-state index contributed by atoms with van der Waals surface area (Å²) in [6, 6.07) is 30.2. The van der Waals surface area contributed by atoms with E-state index in [0.717, 1.165) is 0 Å². The lowest BCUT2D eigenvalue weighted by Gasteiger charge is -2.22. The number of para-hydroxylation sites is 2. The molecule has 1 heterocycles. The van der Waals surface area contributed by atoms with Gasteiger partial charge in [0.05, 0.1) is 11.1 Å². The van der Waals surface area contributed by atoms with E-state index in [2.05, 4.69) is 10.3 Å². The van der Waals surface area contributed by atoms with Crippen molar-refractivity contribution >= 4 is 28.4 Å². The molecule has 7 heteroatoms. The van der Waals surface area contributed by atoms with Crippen molar-refractivity contribution in [3.05, 3.63) is 125 Å². The molecule has 0 aliphatic carbocycles. The molecule has 4 aromatic carbocycles. The van der Waals surface area contributed by atoms with Crippen LogP contribution in [0.15, 0.2) is 109 Å². The molecule has 1 unspecified atom stereocenters. The number of nitrogens with one attached hydrogen (secondary N) is 1. The van der Waals surface area contributed by atoms with Crippen LogP contribution >= 0.6 is 11.6 Å². The molecule has 0 fully saturated rings. The molecule has 2 N–H and O–H groups in total. The van der Waals surface area contributed by atoms with Crippen molar-refractivity contribution in [3.63, 3.8) is 0 Å². The number of rotatable bonds is 8. The molecule has 184 valence electrons. The quantitative estimate of drug-likeness (QED) is 0.243. The van der Waals surface area contributed by atoms with Gasteiger partial charge >= 0.3 is 0 Å². The minimum Gasteiger partial charge on any atom is -0.505 e. The number of benzene rings is 4. The van der Waals surface area contributed by atoms with Crippen LogP contribution in [0.5, 0.6) is 23.0 Å². The molecule has 37 heavy (non-hydrogen) atoms. The van der Waals surface area contributed by atoms with Gasteiger partial charge in [0.2, 0.25) is 0 Å². The number of aromatic nitrogens is 1. The number of hydrogen-bond acceptors (Lipinski definition) is 5. The van der Waals surface area contributed by atoms with Gasteiger partial charge < -0.3 is 19.9 Å². The maximum Gasteiger partial charge on any atom is 0.258 e. The normalized spacial score (nSPS) is 11.6. The maximum absolute atomic E-state index is 13.0. The van der Waals surface area contributed by atoms with Crippen LogP contribution in [-0.4, -0.2) is 22.6 Å². The summed E-state index contributed by atoms with van der Waals surface area (Å²) in [6.07, 6.45) is 1.58. The van der Waals surface area contributed by atoms with Crippen molar-refractivity contribution in [3.8, 4) is 23.0 Å². The summed E-state index contributed by atoms with van der Waals surface area (Å²) >= 11 is 6.57. The van der Waals surface area contributed by atoms with Crippen molar-refractivity contribution in [2.75, 3.05) is 6.61 Å². The first-order valence-electron chi connectivity index (χ1n) is 11.6. The van der Waals surface area contributed by atoms with Crippen LogP contribution in [0.1, 0.15) is 17.2 Å². The third kappa shape index (κ3) is 5.66. The number of carbonyl (C=O) groups excluding carboxylic acids is 1. The van der Waals surface area contributed by atoms with Crippen LogP contribution in [0.4, 0.5) is 0 Å². The Balaban J connectivity index is 1.50. The highest BCUT2D eigenvalue weighted by atomic mass is 35.5. The zero-order valence-electron chi connectivity index (χ0n) is 19.7. The van der Waals surface area contributed by atoms with Crippen molar-refractivity contribution in [2.24, 2.45) is 0 Å². The van der Waals surface area contributed by atoms with E-state index >= 15 is 0 Å². The Kier molecular flexibility index (Phi) is 7.19. The highest BCUT2D eigenvalue weighted by Gasteiger charge is 2.24. The van der Waals surface area contributed by atoms with Gasteiger partial charge in [-0.2, -0.15) is 0 Å². The number of fused-ring (bicyclic) bond motifs is 1. The van der Waals surface area contributed by atoms with E-state index in [0.29, 0.717) is 44.3 Å². The van der Waals surface area contributed by atoms with E-state index in [1.807, 2.05) is 72.8 Å². The largest absolute Gasteiger partial charge is 0.505 e. The molecule has 0 aliphatic rings. The lowest BCUT2D eigenvalue weighted by atomic mass is 9.96. The number of amides is 1. The number of phenols is 1. The molecule has 0 radical (unpaired) electrons. The molecule has 1 amide bonds. The second-order valence-corrected chi connectivity index (χ2v) is 8.69. The van der Waals surface area contributed by atoms with Gasteiger partial charge in [-0.05, 0) is 60.2 Å². The lowest BCUT2D eigenvalue weighted by Crippen LogP contribution is -2.33. The van der Waals surface area contributed by atoms with Gasteiger partial charge in [0.25, 0.3) is 5.91 Å². The van der Waals surface area contributed by atoms with Gasteiger partial charge in [-0.3, -0.25) is 9.78 Å². The van der Waals surface area contributed by atoms with Crippen molar-refractivity contribution in [1.82, 2.24) is 10.3 Å². The molecule has 0 aliphatic heterocycles. The van der Waals surface area contributed by atoms with Crippen LogP contribution in [-0.2, 0) is 4.79 Å². The van der Waals surface area contributed by atoms with Gasteiger partial charge in [0.1, 0.15) is 28.5 Å². The Labute approximate surface area is 219 Å². The van der Waals surface area contributed by atoms with Crippen LogP contribution in [0.3, 0.4) is 0 Å². The molecule has 5 aromatic rings. The van der Waals surface area contributed by atoms with Gasteiger partial charge in [-0.1, -0.05) is 60.1 Å². The van der Waals surface area contributed by atoms with E-state index in [1.54, 1.807) is 36.5 Å². The SMILES string of the molecule is O=C(COc1ccccc1)NC(c1cccc(Oc2ccccc2)c1)c1cc(Cl)c2cccnc2c1O. The molecule has 1 atom stereocenters. The first-order valence-corrected chi connectivity index (χ1v) is 12.0. The molecule has 0 bridgehead atoms. The zero-order valence-corrected chi connectivity index (χ0v) is 20.4. The van der Waals surface area contributed by atoms with Crippen molar-refractivity contribution in [2.45, 2.75) is 6.04 Å². The summed E-state index contributed by atoms with van der Waals surface area (Å²) in [5, 5.41) is 15.2. The highest BCUT2D eigenvalue weighted by molar-refractivity contribution is 6.35. The lowest BCUT2D eigenvalue weighted by molar-refractivity contribution is -0.123. The Bertz CT molecular complexity index is 1530. The van der Waals surface area contributed by atoms with Crippen LogP contribution in [0.25, 0.3) is 10.9 Å². The van der Waals surface area contributed by atoms with Crippen molar-refractivity contribution < 1.29 is 19.4 Å². The Morgan fingerprint density at radius 1 is 0.865 bits per heavy atom. The van der Waals surface area contributed by atoms with Gasteiger partial charge in [-0.25, -0.2) is 0 Å². The summed E-state index contributed by atoms with van der Waals surface area (Å²) in [4.78, 5) is 17.3. The summed E-state index contributed by atoms with van der Waals surface area (Å²) in [5.74, 6) is 1.39. The first-order chi connectivity index (χ1) is 18.1. The third-order valence-electron chi connectivity index (χ3n) is 5.74. The number of carbonyl (C=O) groups is 1. The highest BCUT2D eigenvalue weighted by Crippen LogP contribution is 2.39. The molecule has 0 saturated carbocycles. The van der Waals surface area contributed by atoms with Crippen molar-refractivity contribution in [1.29, 1.82) is 0 Å². The predicted molar refractivity (Wildman–Crippen MR) is 143 cm³/mol. The van der Waals surface area contributed by atoms with Gasteiger partial charge in [0.15, 0.2) is 6.61 Å². The third-order valence-corrected chi connectivity index (χ3v) is 6.06. The number of halogens is 1. The zero-order chi connectivity index (χ0) is 25.6. The number of ether oxygens (including phenoxy) is 2. The topological polar surface area (TPSA) is 80.7 Å². The maximum atomic E-state index is 13.0. The van der Waals surface area contributed by atoms with Gasteiger partial charge in [-0.15, -0.1) is 0 Å². The number of hydrogen-bond donors (Lipinski definition) is 2. The average molecular weight is 511 g/mol.